The highest BCUT2D eigenvalue weighted by atomic mass is 19.4. The summed E-state index contributed by atoms with van der Waals surface area (Å²) in [6.07, 6.45) is -4.52. The molecule has 0 unspecified atom stereocenters. The maximum atomic E-state index is 12.6. The topological polar surface area (TPSA) is 109 Å². The summed E-state index contributed by atoms with van der Waals surface area (Å²) in [5.41, 5.74) is 4.93. The predicted molar refractivity (Wildman–Crippen MR) is 89.0 cm³/mol. The molecule has 0 heterocycles. The summed E-state index contributed by atoms with van der Waals surface area (Å²) in [4.78, 5) is 34.6. The van der Waals surface area contributed by atoms with Crippen molar-refractivity contribution in [2.45, 2.75) is 18.6 Å². The lowest BCUT2D eigenvalue weighted by atomic mass is 10.0. The van der Waals surface area contributed by atoms with E-state index in [0.717, 1.165) is 24.3 Å². The molecule has 2 aromatic rings. The summed E-state index contributed by atoms with van der Waals surface area (Å²) in [6.45, 7) is 0. The Balaban J connectivity index is 2.10. The molecule has 1 atom stereocenters. The zero-order chi connectivity index (χ0) is 20.2. The maximum absolute atomic E-state index is 12.6. The first-order chi connectivity index (χ1) is 12.6. The van der Waals surface area contributed by atoms with Crippen molar-refractivity contribution in [3.05, 3.63) is 70.8 Å². The number of aromatic carboxylic acids is 1. The Labute approximate surface area is 151 Å². The third kappa shape index (κ3) is 5.30. The van der Waals surface area contributed by atoms with Crippen molar-refractivity contribution >= 4 is 17.8 Å². The SMILES string of the molecule is NC(=O)[C@H](Cc1ccc(C(=O)O)cc1)NC(=O)c1ccc(C(F)(F)F)cc1. The van der Waals surface area contributed by atoms with Gasteiger partial charge in [0.1, 0.15) is 6.04 Å². The van der Waals surface area contributed by atoms with Crippen LogP contribution in [0.4, 0.5) is 13.2 Å². The van der Waals surface area contributed by atoms with Crippen LogP contribution >= 0.6 is 0 Å². The van der Waals surface area contributed by atoms with E-state index in [0.29, 0.717) is 5.56 Å². The van der Waals surface area contributed by atoms with E-state index in [1.807, 2.05) is 0 Å². The Morgan fingerprint density at radius 2 is 1.48 bits per heavy atom. The highest BCUT2D eigenvalue weighted by molar-refractivity contribution is 5.97. The van der Waals surface area contributed by atoms with Crippen molar-refractivity contribution in [1.82, 2.24) is 5.32 Å². The molecule has 0 aliphatic heterocycles. The minimum absolute atomic E-state index is 0.00159. The third-order valence-corrected chi connectivity index (χ3v) is 3.76. The molecule has 0 aromatic heterocycles. The van der Waals surface area contributed by atoms with E-state index in [9.17, 15) is 27.6 Å². The molecular weight excluding hydrogens is 365 g/mol. The number of hydrogen-bond acceptors (Lipinski definition) is 3. The fourth-order valence-corrected chi connectivity index (χ4v) is 2.29. The van der Waals surface area contributed by atoms with Crippen molar-refractivity contribution in [3.63, 3.8) is 0 Å². The molecule has 0 aliphatic rings. The van der Waals surface area contributed by atoms with E-state index in [4.69, 9.17) is 10.8 Å². The summed E-state index contributed by atoms with van der Waals surface area (Å²) >= 11 is 0. The molecule has 2 aromatic carbocycles. The van der Waals surface area contributed by atoms with Crippen LogP contribution in [0.1, 0.15) is 31.8 Å². The Kier molecular flexibility index (Phi) is 5.84. The highest BCUT2D eigenvalue weighted by Crippen LogP contribution is 2.29. The molecule has 0 saturated carbocycles. The number of carboxylic acids is 1. The van der Waals surface area contributed by atoms with Gasteiger partial charge in [0.05, 0.1) is 11.1 Å². The van der Waals surface area contributed by atoms with Gasteiger partial charge in [-0.15, -0.1) is 0 Å². The van der Waals surface area contributed by atoms with Crippen molar-refractivity contribution in [1.29, 1.82) is 0 Å². The monoisotopic (exact) mass is 380 g/mol. The van der Waals surface area contributed by atoms with Crippen LogP contribution in [0.25, 0.3) is 0 Å². The van der Waals surface area contributed by atoms with Crippen LogP contribution in [0.2, 0.25) is 0 Å². The molecule has 27 heavy (non-hydrogen) atoms. The van der Waals surface area contributed by atoms with Gasteiger partial charge in [0.15, 0.2) is 0 Å². The Hall–Kier alpha value is -3.36. The quantitative estimate of drug-likeness (QED) is 0.714. The van der Waals surface area contributed by atoms with Crippen LogP contribution < -0.4 is 11.1 Å². The molecule has 4 N–H and O–H groups in total. The van der Waals surface area contributed by atoms with Crippen molar-refractivity contribution in [2.75, 3.05) is 0 Å². The number of halogens is 3. The lowest BCUT2D eigenvalue weighted by Gasteiger charge is -2.16. The minimum Gasteiger partial charge on any atom is -0.478 e. The second-order valence-electron chi connectivity index (χ2n) is 5.71. The van der Waals surface area contributed by atoms with Gasteiger partial charge in [-0.1, -0.05) is 12.1 Å². The van der Waals surface area contributed by atoms with Gasteiger partial charge in [0.25, 0.3) is 5.91 Å². The van der Waals surface area contributed by atoms with Gasteiger partial charge in [-0.05, 0) is 42.0 Å². The van der Waals surface area contributed by atoms with Crippen molar-refractivity contribution in [2.24, 2.45) is 5.73 Å². The van der Waals surface area contributed by atoms with Gasteiger partial charge in [-0.2, -0.15) is 13.2 Å². The summed E-state index contributed by atoms with van der Waals surface area (Å²) < 4.78 is 37.7. The smallest absolute Gasteiger partial charge is 0.416 e. The summed E-state index contributed by atoms with van der Waals surface area (Å²) in [5.74, 6) is -2.70. The van der Waals surface area contributed by atoms with Gasteiger partial charge in [0, 0.05) is 12.0 Å². The van der Waals surface area contributed by atoms with E-state index < -0.39 is 35.6 Å². The van der Waals surface area contributed by atoms with Gasteiger partial charge in [-0.25, -0.2) is 4.79 Å². The second-order valence-corrected chi connectivity index (χ2v) is 5.71. The predicted octanol–water partition coefficient (Wildman–Crippen LogP) is 2.23. The summed E-state index contributed by atoms with van der Waals surface area (Å²) in [5, 5.41) is 11.2. The van der Waals surface area contributed by atoms with E-state index in [1.54, 1.807) is 0 Å². The Morgan fingerprint density at radius 3 is 1.93 bits per heavy atom. The van der Waals surface area contributed by atoms with E-state index in [-0.39, 0.29) is 17.5 Å². The lowest BCUT2D eigenvalue weighted by molar-refractivity contribution is -0.137. The number of nitrogens with one attached hydrogen (secondary N) is 1. The molecule has 6 nitrogen and oxygen atoms in total. The molecule has 0 radical (unpaired) electrons. The van der Waals surface area contributed by atoms with Crippen LogP contribution in [0, 0.1) is 0 Å². The third-order valence-electron chi connectivity index (χ3n) is 3.76. The largest absolute Gasteiger partial charge is 0.478 e. The number of primary amides is 1. The molecule has 9 heteroatoms. The van der Waals surface area contributed by atoms with Crippen molar-refractivity contribution < 1.29 is 32.7 Å². The summed E-state index contributed by atoms with van der Waals surface area (Å²) in [6, 6.07) is 8.04. The fraction of sp³-hybridized carbons (Fsp3) is 0.167. The van der Waals surface area contributed by atoms with E-state index >= 15 is 0 Å². The fourth-order valence-electron chi connectivity index (χ4n) is 2.29. The molecule has 0 bridgehead atoms. The van der Waals surface area contributed by atoms with Gasteiger partial charge in [-0.3, -0.25) is 9.59 Å². The number of nitrogens with two attached hydrogens (primary N) is 1. The molecular formula is C18H15F3N2O4. The number of rotatable bonds is 6. The molecule has 0 aliphatic carbocycles. The molecule has 0 spiro atoms. The van der Waals surface area contributed by atoms with Crippen LogP contribution in [-0.4, -0.2) is 28.9 Å². The van der Waals surface area contributed by atoms with E-state index in [2.05, 4.69) is 5.32 Å². The average molecular weight is 380 g/mol. The zero-order valence-electron chi connectivity index (χ0n) is 13.8. The Bertz CT molecular complexity index is 846. The van der Waals surface area contributed by atoms with Crippen molar-refractivity contribution in [3.8, 4) is 0 Å². The number of benzene rings is 2. The first-order valence-electron chi connectivity index (χ1n) is 7.67. The van der Waals surface area contributed by atoms with Crippen LogP contribution in [0.5, 0.6) is 0 Å². The summed E-state index contributed by atoms with van der Waals surface area (Å²) in [7, 11) is 0. The van der Waals surface area contributed by atoms with Crippen LogP contribution in [0.15, 0.2) is 48.5 Å². The number of amides is 2. The first-order valence-corrected chi connectivity index (χ1v) is 7.67. The maximum Gasteiger partial charge on any atom is 0.416 e. The number of hydrogen-bond donors (Lipinski definition) is 3. The van der Waals surface area contributed by atoms with E-state index in [1.165, 1.54) is 24.3 Å². The van der Waals surface area contributed by atoms with Crippen LogP contribution in [-0.2, 0) is 17.4 Å². The number of carbonyl (C=O) groups is 3. The first kappa shape index (κ1) is 20.0. The minimum atomic E-state index is -4.52. The number of carboxylic acid groups (broad SMARTS) is 1. The second kappa shape index (κ2) is 7.90. The number of alkyl halides is 3. The molecule has 142 valence electrons. The Morgan fingerprint density at radius 1 is 0.963 bits per heavy atom. The number of carbonyl (C=O) groups excluding carboxylic acids is 2. The zero-order valence-corrected chi connectivity index (χ0v) is 13.8. The molecule has 0 fully saturated rings. The van der Waals surface area contributed by atoms with Gasteiger partial charge < -0.3 is 16.2 Å². The van der Waals surface area contributed by atoms with Gasteiger partial charge in [0.2, 0.25) is 5.91 Å². The molecule has 2 rings (SSSR count). The lowest BCUT2D eigenvalue weighted by Crippen LogP contribution is -2.45. The average Bonchev–Trinajstić information content (AvgIpc) is 2.60. The standard InChI is InChI=1S/C18H15F3N2O4/c19-18(20,21)13-7-5-11(6-8-13)16(25)23-14(15(22)24)9-10-1-3-12(4-2-10)17(26)27/h1-8,14H,9H2,(H2,22,24)(H,23,25)(H,26,27)/t14-/m0/s1. The molecule has 2 amide bonds. The normalized spacial score (nSPS) is 12.3. The van der Waals surface area contributed by atoms with Crippen LogP contribution in [0.3, 0.4) is 0 Å². The molecule has 0 saturated heterocycles. The highest BCUT2D eigenvalue weighted by Gasteiger charge is 2.30. The van der Waals surface area contributed by atoms with Gasteiger partial charge >= 0.3 is 12.1 Å².